The van der Waals surface area contributed by atoms with Crippen LogP contribution in [0, 0.1) is 0 Å². The fourth-order valence-corrected chi connectivity index (χ4v) is 1.82. The van der Waals surface area contributed by atoms with Gasteiger partial charge in [0.05, 0.1) is 18.2 Å². The monoisotopic (exact) mass is 270 g/mol. The molecule has 1 aliphatic rings. The predicted molar refractivity (Wildman–Crippen MR) is 65.7 cm³/mol. The molecular formula is C12H12ClFN2O2. The lowest BCUT2D eigenvalue weighted by Crippen LogP contribution is -2.15. The third-order valence-corrected chi connectivity index (χ3v) is 2.77. The molecule has 0 aliphatic carbocycles. The van der Waals surface area contributed by atoms with Crippen molar-refractivity contribution in [2.45, 2.75) is 18.9 Å². The van der Waals surface area contributed by atoms with Gasteiger partial charge < -0.3 is 4.74 Å². The summed E-state index contributed by atoms with van der Waals surface area (Å²) in [5.74, 6) is -0.306. The number of esters is 1. The Labute approximate surface area is 109 Å². The lowest BCUT2D eigenvalue weighted by molar-refractivity contribution is -0.137. The standard InChI is InChI=1S/C12H12ClFN2O2/c13-11-2-1-8(6-15-11)3-9(5-14)16-10-4-12(17)18-7-10/h1-2,6,9H,3-5,7H2. The zero-order chi connectivity index (χ0) is 13.0. The van der Waals surface area contributed by atoms with E-state index in [1.54, 1.807) is 18.3 Å². The van der Waals surface area contributed by atoms with E-state index in [2.05, 4.69) is 9.98 Å². The van der Waals surface area contributed by atoms with Crippen LogP contribution in [0.15, 0.2) is 23.3 Å². The topological polar surface area (TPSA) is 51.5 Å². The second-order valence-electron chi connectivity index (χ2n) is 4.03. The summed E-state index contributed by atoms with van der Waals surface area (Å²) < 4.78 is 17.6. The number of hydrogen-bond donors (Lipinski definition) is 0. The molecule has 1 unspecified atom stereocenters. The van der Waals surface area contributed by atoms with Crippen LogP contribution in [0.25, 0.3) is 0 Å². The first kappa shape index (κ1) is 13.0. The van der Waals surface area contributed by atoms with Crippen LogP contribution in [0.4, 0.5) is 4.39 Å². The summed E-state index contributed by atoms with van der Waals surface area (Å²) in [6.45, 7) is -0.408. The molecule has 1 atom stereocenters. The molecule has 1 fully saturated rings. The molecule has 6 heteroatoms. The Hall–Kier alpha value is -1.49. The Morgan fingerprint density at radius 1 is 1.56 bits per heavy atom. The van der Waals surface area contributed by atoms with Crippen molar-refractivity contribution in [2.24, 2.45) is 4.99 Å². The van der Waals surface area contributed by atoms with Gasteiger partial charge in [0.1, 0.15) is 18.4 Å². The van der Waals surface area contributed by atoms with Crippen molar-refractivity contribution in [1.82, 2.24) is 4.98 Å². The number of aliphatic imine (C=N–C) groups is 1. The van der Waals surface area contributed by atoms with Crippen molar-refractivity contribution < 1.29 is 13.9 Å². The Kier molecular flexibility index (Phi) is 4.25. The lowest BCUT2D eigenvalue weighted by atomic mass is 10.1. The van der Waals surface area contributed by atoms with Gasteiger partial charge in [-0.1, -0.05) is 17.7 Å². The minimum atomic E-state index is -0.583. The van der Waals surface area contributed by atoms with Gasteiger partial charge in [0, 0.05) is 6.20 Å². The van der Waals surface area contributed by atoms with Crippen LogP contribution in [0.5, 0.6) is 0 Å². The summed E-state index contributed by atoms with van der Waals surface area (Å²) in [5.41, 5.74) is 1.46. The van der Waals surface area contributed by atoms with Gasteiger partial charge in [-0.3, -0.25) is 9.79 Å². The van der Waals surface area contributed by atoms with Crippen LogP contribution in [-0.2, 0) is 16.0 Å². The number of aromatic nitrogens is 1. The van der Waals surface area contributed by atoms with Crippen molar-refractivity contribution in [3.8, 4) is 0 Å². The van der Waals surface area contributed by atoms with Gasteiger partial charge in [-0.2, -0.15) is 0 Å². The van der Waals surface area contributed by atoms with Gasteiger partial charge in [-0.25, -0.2) is 9.37 Å². The maximum absolute atomic E-state index is 12.9. The fourth-order valence-electron chi connectivity index (χ4n) is 1.71. The van der Waals surface area contributed by atoms with Gasteiger partial charge in [-0.05, 0) is 18.1 Å². The zero-order valence-corrected chi connectivity index (χ0v) is 10.4. The highest BCUT2D eigenvalue weighted by Gasteiger charge is 2.20. The summed E-state index contributed by atoms with van der Waals surface area (Å²) in [4.78, 5) is 19.0. The molecule has 0 bridgehead atoms. The van der Waals surface area contributed by atoms with E-state index in [9.17, 15) is 9.18 Å². The number of ether oxygens (including phenoxy) is 1. The molecule has 0 aromatic carbocycles. The molecule has 1 aromatic rings. The normalized spacial score (nSPS) is 19.0. The average molecular weight is 271 g/mol. The number of rotatable bonds is 4. The number of nitrogens with zero attached hydrogens (tertiary/aromatic N) is 2. The number of pyridine rings is 1. The zero-order valence-electron chi connectivity index (χ0n) is 9.60. The summed E-state index contributed by atoms with van der Waals surface area (Å²) in [6.07, 6.45) is 2.19. The first-order valence-electron chi connectivity index (χ1n) is 5.55. The summed E-state index contributed by atoms with van der Waals surface area (Å²) in [6, 6.07) is 2.94. The van der Waals surface area contributed by atoms with E-state index in [0.717, 1.165) is 5.56 Å². The van der Waals surface area contributed by atoms with Gasteiger partial charge in [0.15, 0.2) is 0 Å². The van der Waals surface area contributed by atoms with E-state index in [1.807, 2.05) is 0 Å². The Morgan fingerprint density at radius 3 is 2.94 bits per heavy atom. The molecule has 0 amide bonds. The molecule has 4 nitrogen and oxygen atoms in total. The molecule has 0 saturated carbocycles. The Morgan fingerprint density at radius 2 is 2.39 bits per heavy atom. The smallest absolute Gasteiger partial charge is 0.312 e. The lowest BCUT2D eigenvalue weighted by Gasteiger charge is -2.08. The largest absolute Gasteiger partial charge is 0.459 e. The quantitative estimate of drug-likeness (QED) is 0.621. The van der Waals surface area contributed by atoms with Crippen molar-refractivity contribution >= 4 is 23.3 Å². The van der Waals surface area contributed by atoms with Crippen molar-refractivity contribution in [3.63, 3.8) is 0 Å². The number of hydrogen-bond acceptors (Lipinski definition) is 4. The third kappa shape index (κ3) is 3.50. The number of carbonyl (C=O) groups excluding carboxylic acids is 1. The SMILES string of the molecule is O=C1CC(=NC(CF)Cc2ccc(Cl)nc2)CO1. The van der Waals surface area contributed by atoms with E-state index in [1.165, 1.54) is 0 Å². The molecule has 0 radical (unpaired) electrons. The first-order chi connectivity index (χ1) is 8.67. The fraction of sp³-hybridized carbons (Fsp3) is 0.417. The number of alkyl halides is 1. The summed E-state index contributed by atoms with van der Waals surface area (Å²) >= 11 is 5.67. The molecular weight excluding hydrogens is 259 g/mol. The maximum Gasteiger partial charge on any atom is 0.312 e. The predicted octanol–water partition coefficient (Wildman–Crippen LogP) is 2.00. The number of carbonyl (C=O) groups is 1. The Balaban J connectivity index is 2.01. The average Bonchev–Trinajstić information content (AvgIpc) is 2.77. The Bertz CT molecular complexity index is 462. The second kappa shape index (κ2) is 5.91. The molecule has 2 heterocycles. The van der Waals surface area contributed by atoms with Crippen LogP contribution in [0.1, 0.15) is 12.0 Å². The molecule has 1 saturated heterocycles. The van der Waals surface area contributed by atoms with Crippen LogP contribution in [0.3, 0.4) is 0 Å². The van der Waals surface area contributed by atoms with Crippen LogP contribution in [0.2, 0.25) is 5.15 Å². The van der Waals surface area contributed by atoms with E-state index >= 15 is 0 Å². The van der Waals surface area contributed by atoms with Crippen molar-refractivity contribution in [1.29, 1.82) is 0 Å². The van der Waals surface area contributed by atoms with Gasteiger partial charge in [-0.15, -0.1) is 0 Å². The minimum absolute atomic E-state index is 0.162. The van der Waals surface area contributed by atoms with Crippen LogP contribution < -0.4 is 0 Å². The van der Waals surface area contributed by atoms with Gasteiger partial charge in [0.2, 0.25) is 0 Å². The summed E-state index contributed by atoms with van der Waals surface area (Å²) in [5, 5.41) is 0.400. The van der Waals surface area contributed by atoms with Crippen molar-refractivity contribution in [2.75, 3.05) is 13.3 Å². The molecule has 1 aromatic heterocycles. The van der Waals surface area contributed by atoms with E-state index in [0.29, 0.717) is 17.3 Å². The molecule has 1 aliphatic heterocycles. The van der Waals surface area contributed by atoms with Crippen LogP contribution in [-0.4, -0.2) is 36.0 Å². The van der Waals surface area contributed by atoms with Gasteiger partial charge in [0.25, 0.3) is 0 Å². The van der Waals surface area contributed by atoms with Gasteiger partial charge >= 0.3 is 5.97 Å². The number of cyclic esters (lactones) is 1. The first-order valence-corrected chi connectivity index (χ1v) is 5.92. The third-order valence-electron chi connectivity index (χ3n) is 2.55. The highest BCUT2D eigenvalue weighted by Crippen LogP contribution is 2.11. The molecule has 96 valence electrons. The molecule has 0 N–H and O–H groups in total. The van der Waals surface area contributed by atoms with E-state index < -0.39 is 12.7 Å². The van der Waals surface area contributed by atoms with E-state index in [4.69, 9.17) is 16.3 Å². The highest BCUT2D eigenvalue weighted by molar-refractivity contribution is 6.29. The summed E-state index contributed by atoms with van der Waals surface area (Å²) in [7, 11) is 0. The van der Waals surface area contributed by atoms with Crippen molar-refractivity contribution in [3.05, 3.63) is 29.0 Å². The highest BCUT2D eigenvalue weighted by atomic mass is 35.5. The minimum Gasteiger partial charge on any atom is -0.459 e. The van der Waals surface area contributed by atoms with E-state index in [-0.39, 0.29) is 19.0 Å². The number of halogens is 2. The molecule has 18 heavy (non-hydrogen) atoms. The van der Waals surface area contributed by atoms with Crippen LogP contribution >= 0.6 is 11.6 Å². The molecule has 2 rings (SSSR count). The second-order valence-corrected chi connectivity index (χ2v) is 4.42. The maximum atomic E-state index is 12.9. The molecule has 0 spiro atoms.